The van der Waals surface area contributed by atoms with Crippen LogP contribution in [0.25, 0.3) is 5.69 Å². The van der Waals surface area contributed by atoms with Crippen molar-refractivity contribution in [2.45, 2.75) is 6.04 Å². The zero-order valence-electron chi connectivity index (χ0n) is 12.9. The van der Waals surface area contributed by atoms with Gasteiger partial charge in [0.05, 0.1) is 11.7 Å². The molecule has 1 aliphatic rings. The Morgan fingerprint density at radius 2 is 1.92 bits per heavy atom. The lowest BCUT2D eigenvalue weighted by Gasteiger charge is -2.39. The number of carbonyl (C=O) groups is 1. The molecular weight excluding hydrogens is 304 g/mol. The number of anilines is 1. The van der Waals surface area contributed by atoms with Crippen molar-refractivity contribution >= 4 is 11.9 Å². The van der Waals surface area contributed by atoms with E-state index in [4.69, 9.17) is 0 Å². The van der Waals surface area contributed by atoms with Crippen molar-refractivity contribution in [3.8, 4) is 5.69 Å². The van der Waals surface area contributed by atoms with Crippen LogP contribution in [0.3, 0.4) is 0 Å². The maximum Gasteiger partial charge on any atom is 0.254 e. The number of nitrogens with zero attached hydrogens (tertiary/aromatic N) is 5. The molecule has 0 atom stereocenters. The SMILES string of the molecule is O=C(c1cccc(-n2cccn2)c1)N1CC(Nc2ncccn2)C1. The van der Waals surface area contributed by atoms with Gasteiger partial charge in [0, 0.05) is 43.4 Å². The van der Waals surface area contributed by atoms with Gasteiger partial charge in [-0.3, -0.25) is 4.79 Å². The minimum atomic E-state index is 0.0241. The van der Waals surface area contributed by atoms with Crippen LogP contribution in [0.4, 0.5) is 5.95 Å². The summed E-state index contributed by atoms with van der Waals surface area (Å²) in [6.45, 7) is 1.28. The fourth-order valence-electron chi connectivity index (χ4n) is 2.68. The van der Waals surface area contributed by atoms with E-state index in [1.54, 1.807) is 29.3 Å². The minimum absolute atomic E-state index is 0.0241. The molecule has 1 aliphatic heterocycles. The smallest absolute Gasteiger partial charge is 0.254 e. The molecule has 0 bridgehead atoms. The largest absolute Gasteiger partial charge is 0.348 e. The molecular formula is C17H16N6O. The van der Waals surface area contributed by atoms with Gasteiger partial charge < -0.3 is 10.2 Å². The van der Waals surface area contributed by atoms with Gasteiger partial charge in [0.1, 0.15) is 0 Å². The van der Waals surface area contributed by atoms with Crippen LogP contribution in [0.2, 0.25) is 0 Å². The maximum absolute atomic E-state index is 12.6. The van der Waals surface area contributed by atoms with Gasteiger partial charge in [-0.2, -0.15) is 5.10 Å². The van der Waals surface area contributed by atoms with Crippen LogP contribution in [0.1, 0.15) is 10.4 Å². The second-order valence-electron chi connectivity index (χ2n) is 5.62. The molecule has 0 aliphatic carbocycles. The Balaban J connectivity index is 1.40. The van der Waals surface area contributed by atoms with E-state index in [-0.39, 0.29) is 11.9 Å². The summed E-state index contributed by atoms with van der Waals surface area (Å²) in [7, 11) is 0. The van der Waals surface area contributed by atoms with E-state index < -0.39 is 0 Å². The van der Waals surface area contributed by atoms with Crippen molar-refractivity contribution in [1.29, 1.82) is 0 Å². The Morgan fingerprint density at radius 1 is 1.08 bits per heavy atom. The van der Waals surface area contributed by atoms with Gasteiger partial charge in [0.25, 0.3) is 5.91 Å². The third-order valence-corrected chi connectivity index (χ3v) is 3.93. The highest BCUT2D eigenvalue weighted by Crippen LogP contribution is 2.18. The zero-order chi connectivity index (χ0) is 16.4. The third-order valence-electron chi connectivity index (χ3n) is 3.93. The van der Waals surface area contributed by atoms with E-state index in [0.29, 0.717) is 24.6 Å². The minimum Gasteiger partial charge on any atom is -0.348 e. The molecule has 24 heavy (non-hydrogen) atoms. The van der Waals surface area contributed by atoms with Gasteiger partial charge in [0.2, 0.25) is 5.95 Å². The van der Waals surface area contributed by atoms with Crippen LogP contribution in [0, 0.1) is 0 Å². The van der Waals surface area contributed by atoms with Crippen molar-refractivity contribution in [3.05, 3.63) is 66.7 Å². The number of benzene rings is 1. The molecule has 2 aromatic heterocycles. The molecule has 3 heterocycles. The molecule has 1 aromatic carbocycles. The Hall–Kier alpha value is -3.22. The highest BCUT2D eigenvalue weighted by Gasteiger charge is 2.31. The summed E-state index contributed by atoms with van der Waals surface area (Å²) in [5.74, 6) is 0.617. The molecule has 4 rings (SSSR count). The molecule has 0 saturated carbocycles. The number of hydrogen-bond donors (Lipinski definition) is 1. The first-order valence-corrected chi connectivity index (χ1v) is 7.72. The first-order valence-electron chi connectivity index (χ1n) is 7.72. The quantitative estimate of drug-likeness (QED) is 0.790. The summed E-state index contributed by atoms with van der Waals surface area (Å²) in [5.41, 5.74) is 1.54. The van der Waals surface area contributed by atoms with Crippen LogP contribution >= 0.6 is 0 Å². The summed E-state index contributed by atoms with van der Waals surface area (Å²) in [6.07, 6.45) is 6.95. The normalized spacial score (nSPS) is 14.2. The summed E-state index contributed by atoms with van der Waals surface area (Å²) >= 11 is 0. The van der Waals surface area contributed by atoms with E-state index in [9.17, 15) is 4.79 Å². The fourth-order valence-corrected chi connectivity index (χ4v) is 2.68. The van der Waals surface area contributed by atoms with Crippen molar-refractivity contribution in [3.63, 3.8) is 0 Å². The van der Waals surface area contributed by atoms with E-state index in [0.717, 1.165) is 5.69 Å². The summed E-state index contributed by atoms with van der Waals surface area (Å²) in [5, 5.41) is 7.41. The topological polar surface area (TPSA) is 75.9 Å². The lowest BCUT2D eigenvalue weighted by molar-refractivity contribution is 0.0624. The predicted molar refractivity (Wildman–Crippen MR) is 88.9 cm³/mol. The first kappa shape index (κ1) is 14.4. The lowest BCUT2D eigenvalue weighted by atomic mass is 10.1. The van der Waals surface area contributed by atoms with Crippen LogP contribution in [0.5, 0.6) is 0 Å². The number of likely N-dealkylation sites (tertiary alicyclic amines) is 1. The highest BCUT2D eigenvalue weighted by molar-refractivity contribution is 5.95. The van der Waals surface area contributed by atoms with Gasteiger partial charge in [-0.25, -0.2) is 14.6 Å². The number of carbonyl (C=O) groups excluding carboxylic acids is 1. The predicted octanol–water partition coefficient (Wildman–Crippen LogP) is 1.60. The van der Waals surface area contributed by atoms with E-state index in [1.807, 2.05) is 41.4 Å². The average Bonchev–Trinajstić information content (AvgIpc) is 3.13. The molecule has 1 fully saturated rings. The zero-order valence-corrected chi connectivity index (χ0v) is 12.9. The molecule has 120 valence electrons. The van der Waals surface area contributed by atoms with E-state index >= 15 is 0 Å². The first-order chi connectivity index (χ1) is 11.8. The Bertz CT molecular complexity index is 827. The standard InChI is InChI=1S/C17H16N6O/c24-16(13-4-1-5-15(10-13)23-9-3-8-20-23)22-11-14(12-22)21-17-18-6-2-7-19-17/h1-10,14H,11-12H2,(H,18,19,21). The Kier molecular flexibility index (Phi) is 3.66. The molecule has 1 amide bonds. The van der Waals surface area contributed by atoms with Crippen LogP contribution < -0.4 is 5.32 Å². The number of amides is 1. The number of rotatable bonds is 4. The van der Waals surface area contributed by atoms with Crippen molar-refractivity contribution in [2.75, 3.05) is 18.4 Å². The van der Waals surface area contributed by atoms with E-state index in [2.05, 4.69) is 20.4 Å². The Morgan fingerprint density at radius 3 is 2.67 bits per heavy atom. The molecule has 0 spiro atoms. The van der Waals surface area contributed by atoms with Gasteiger partial charge in [-0.05, 0) is 30.3 Å². The molecule has 0 unspecified atom stereocenters. The maximum atomic E-state index is 12.6. The lowest BCUT2D eigenvalue weighted by Crippen LogP contribution is -2.57. The molecule has 7 heteroatoms. The van der Waals surface area contributed by atoms with E-state index in [1.165, 1.54) is 0 Å². The molecule has 0 radical (unpaired) electrons. The van der Waals surface area contributed by atoms with Gasteiger partial charge in [-0.1, -0.05) is 6.07 Å². The summed E-state index contributed by atoms with van der Waals surface area (Å²) < 4.78 is 1.74. The van der Waals surface area contributed by atoms with Crippen LogP contribution in [0.15, 0.2) is 61.2 Å². The summed E-state index contributed by atoms with van der Waals surface area (Å²) in [6, 6.07) is 11.3. The fraction of sp³-hybridized carbons (Fsp3) is 0.176. The Labute approximate surface area is 139 Å². The van der Waals surface area contributed by atoms with Crippen LogP contribution in [-0.2, 0) is 0 Å². The highest BCUT2D eigenvalue weighted by atomic mass is 16.2. The van der Waals surface area contributed by atoms with Crippen molar-refractivity contribution in [1.82, 2.24) is 24.6 Å². The van der Waals surface area contributed by atoms with Crippen molar-refractivity contribution < 1.29 is 4.79 Å². The van der Waals surface area contributed by atoms with Gasteiger partial charge in [-0.15, -0.1) is 0 Å². The second kappa shape index (κ2) is 6.11. The summed E-state index contributed by atoms with van der Waals surface area (Å²) in [4.78, 5) is 22.7. The van der Waals surface area contributed by atoms with Gasteiger partial charge in [0.15, 0.2) is 0 Å². The number of nitrogens with one attached hydrogen (secondary N) is 1. The monoisotopic (exact) mass is 320 g/mol. The second-order valence-corrected chi connectivity index (χ2v) is 5.62. The molecule has 1 saturated heterocycles. The van der Waals surface area contributed by atoms with Crippen LogP contribution in [-0.4, -0.2) is 49.7 Å². The van der Waals surface area contributed by atoms with Crippen molar-refractivity contribution in [2.24, 2.45) is 0 Å². The van der Waals surface area contributed by atoms with Gasteiger partial charge >= 0.3 is 0 Å². The molecule has 3 aromatic rings. The average molecular weight is 320 g/mol. The third kappa shape index (κ3) is 2.83. The number of hydrogen-bond acceptors (Lipinski definition) is 5. The molecule has 7 nitrogen and oxygen atoms in total. The molecule has 1 N–H and O–H groups in total. The number of aromatic nitrogens is 4.